The molecule has 0 atom stereocenters. The van der Waals surface area contributed by atoms with Gasteiger partial charge in [0.25, 0.3) is 0 Å². The van der Waals surface area contributed by atoms with Crippen LogP contribution in [0, 0.1) is 6.92 Å². The van der Waals surface area contributed by atoms with E-state index >= 15 is 0 Å². The zero-order valence-corrected chi connectivity index (χ0v) is 11.8. The highest BCUT2D eigenvalue weighted by Gasteiger charge is 2.17. The Morgan fingerprint density at radius 3 is 2.90 bits per heavy atom. The lowest BCUT2D eigenvalue weighted by molar-refractivity contribution is 0.145. The smallest absolute Gasteiger partial charge is 0.349 e. The molecule has 106 valence electrons. The van der Waals surface area contributed by atoms with Crippen molar-refractivity contribution in [1.82, 2.24) is 0 Å². The number of fused-ring (bicyclic) bond motifs is 1. The maximum Gasteiger partial charge on any atom is 0.349 e. The van der Waals surface area contributed by atoms with E-state index in [1.165, 1.54) is 0 Å². The molecule has 0 unspecified atom stereocenters. The lowest BCUT2D eigenvalue weighted by atomic mass is 10.1. The lowest BCUT2D eigenvalue weighted by Gasteiger charge is -2.07. The van der Waals surface area contributed by atoms with E-state index in [0.29, 0.717) is 23.3 Å². The fourth-order valence-electron chi connectivity index (χ4n) is 1.95. The van der Waals surface area contributed by atoms with Gasteiger partial charge in [-0.1, -0.05) is 24.2 Å². The second-order valence-electron chi connectivity index (χ2n) is 4.57. The number of aromatic hydroxyl groups is 1. The second-order valence-corrected chi connectivity index (χ2v) is 4.57. The van der Waals surface area contributed by atoms with Crippen LogP contribution < -0.4 is 5.63 Å². The Hall–Kier alpha value is -2.30. The predicted molar refractivity (Wildman–Crippen MR) is 77.3 cm³/mol. The van der Waals surface area contributed by atoms with Crippen LogP contribution in [-0.4, -0.2) is 17.4 Å². The maximum absolute atomic E-state index is 12.0. The van der Waals surface area contributed by atoms with Gasteiger partial charge < -0.3 is 14.4 Å². The molecule has 1 N–H and O–H groups in total. The third-order valence-corrected chi connectivity index (χ3v) is 2.96. The standard InChI is InChI=1S/C15H17NO4/c1-4-8-19-16-10(3)12-13(17)11-7-5-6-9(2)14(11)20-15(12)18/h5-7,17H,4,8H2,1-3H3. The Kier molecular flexibility index (Phi) is 4.08. The summed E-state index contributed by atoms with van der Waals surface area (Å²) in [6, 6.07) is 5.31. The molecule has 2 aromatic rings. The molecule has 0 spiro atoms. The van der Waals surface area contributed by atoms with Crippen molar-refractivity contribution in [2.45, 2.75) is 27.2 Å². The molecule has 2 rings (SSSR count). The third kappa shape index (κ3) is 2.52. The van der Waals surface area contributed by atoms with Gasteiger partial charge in [0, 0.05) is 0 Å². The number of aryl methyl sites for hydroxylation is 1. The van der Waals surface area contributed by atoms with Gasteiger partial charge in [0.2, 0.25) is 0 Å². The molecule has 0 aliphatic heterocycles. The quantitative estimate of drug-likeness (QED) is 0.403. The highest BCUT2D eigenvalue weighted by molar-refractivity contribution is 6.04. The molecule has 0 saturated heterocycles. The Balaban J connectivity index is 2.60. The van der Waals surface area contributed by atoms with Crippen LogP contribution in [0.5, 0.6) is 5.75 Å². The minimum atomic E-state index is -0.620. The van der Waals surface area contributed by atoms with Gasteiger partial charge in [-0.15, -0.1) is 0 Å². The van der Waals surface area contributed by atoms with Crippen LogP contribution in [0.25, 0.3) is 11.0 Å². The van der Waals surface area contributed by atoms with Crippen LogP contribution in [-0.2, 0) is 4.84 Å². The summed E-state index contributed by atoms with van der Waals surface area (Å²) < 4.78 is 5.28. The van der Waals surface area contributed by atoms with Crippen LogP contribution in [0.1, 0.15) is 31.4 Å². The van der Waals surface area contributed by atoms with E-state index in [4.69, 9.17) is 9.25 Å². The molecule has 1 aromatic carbocycles. The largest absolute Gasteiger partial charge is 0.506 e. The van der Waals surface area contributed by atoms with Crippen molar-refractivity contribution < 1.29 is 14.4 Å². The molecule has 0 bridgehead atoms. The topological polar surface area (TPSA) is 72.0 Å². The van der Waals surface area contributed by atoms with Crippen LogP contribution >= 0.6 is 0 Å². The maximum atomic E-state index is 12.0. The molecule has 0 radical (unpaired) electrons. The molecular weight excluding hydrogens is 258 g/mol. The molecule has 0 aliphatic carbocycles. The van der Waals surface area contributed by atoms with Gasteiger partial charge in [-0.3, -0.25) is 0 Å². The van der Waals surface area contributed by atoms with Crippen molar-refractivity contribution in [2.24, 2.45) is 5.16 Å². The van der Waals surface area contributed by atoms with Gasteiger partial charge in [0.15, 0.2) is 0 Å². The Morgan fingerprint density at radius 1 is 1.45 bits per heavy atom. The minimum Gasteiger partial charge on any atom is -0.506 e. The van der Waals surface area contributed by atoms with E-state index in [1.54, 1.807) is 19.1 Å². The Bertz CT molecular complexity index is 716. The zero-order valence-electron chi connectivity index (χ0n) is 11.8. The van der Waals surface area contributed by atoms with Gasteiger partial charge in [0.1, 0.15) is 23.5 Å². The Labute approximate surface area is 116 Å². The van der Waals surface area contributed by atoms with E-state index in [0.717, 1.165) is 12.0 Å². The molecule has 20 heavy (non-hydrogen) atoms. The number of hydrogen-bond donors (Lipinski definition) is 1. The summed E-state index contributed by atoms with van der Waals surface area (Å²) in [5.74, 6) is -0.124. The summed E-state index contributed by atoms with van der Waals surface area (Å²) >= 11 is 0. The zero-order chi connectivity index (χ0) is 14.7. The van der Waals surface area contributed by atoms with Gasteiger partial charge in [-0.05, 0) is 31.9 Å². The van der Waals surface area contributed by atoms with E-state index in [1.807, 2.05) is 19.9 Å². The summed E-state index contributed by atoms with van der Waals surface area (Å²) in [5.41, 5.74) is 0.900. The average molecular weight is 275 g/mol. The molecule has 1 aromatic heterocycles. The molecule has 0 aliphatic rings. The number of oxime groups is 1. The van der Waals surface area contributed by atoms with E-state index in [2.05, 4.69) is 5.16 Å². The van der Waals surface area contributed by atoms with Crippen molar-refractivity contribution in [3.63, 3.8) is 0 Å². The van der Waals surface area contributed by atoms with Crippen molar-refractivity contribution in [3.05, 3.63) is 39.7 Å². The first-order valence-electron chi connectivity index (χ1n) is 6.48. The average Bonchev–Trinajstić information content (AvgIpc) is 2.40. The van der Waals surface area contributed by atoms with E-state index < -0.39 is 5.63 Å². The van der Waals surface area contributed by atoms with Crippen molar-refractivity contribution >= 4 is 16.7 Å². The molecule has 1 heterocycles. The van der Waals surface area contributed by atoms with Gasteiger partial charge in [0.05, 0.1) is 11.1 Å². The van der Waals surface area contributed by atoms with Gasteiger partial charge >= 0.3 is 5.63 Å². The molecule has 5 nitrogen and oxygen atoms in total. The van der Waals surface area contributed by atoms with Crippen LogP contribution in [0.15, 0.2) is 32.6 Å². The van der Waals surface area contributed by atoms with E-state index in [-0.39, 0.29) is 11.3 Å². The summed E-state index contributed by atoms with van der Waals surface area (Å²) in [4.78, 5) is 17.1. The monoisotopic (exact) mass is 275 g/mol. The van der Waals surface area contributed by atoms with Gasteiger partial charge in [-0.2, -0.15) is 0 Å². The fraction of sp³-hybridized carbons (Fsp3) is 0.333. The first kappa shape index (κ1) is 14.1. The predicted octanol–water partition coefficient (Wildman–Crippen LogP) is 2.96. The summed E-state index contributed by atoms with van der Waals surface area (Å²) in [7, 11) is 0. The van der Waals surface area contributed by atoms with Crippen LogP contribution in [0.3, 0.4) is 0 Å². The summed E-state index contributed by atoms with van der Waals surface area (Å²) in [6.45, 7) is 5.82. The van der Waals surface area contributed by atoms with Gasteiger partial charge in [-0.25, -0.2) is 4.79 Å². The summed E-state index contributed by atoms with van der Waals surface area (Å²) in [5, 5.41) is 14.6. The SMILES string of the molecule is CCCON=C(C)c1c(O)c2cccc(C)c2oc1=O. The summed E-state index contributed by atoms with van der Waals surface area (Å²) in [6.07, 6.45) is 0.814. The van der Waals surface area contributed by atoms with Crippen molar-refractivity contribution in [3.8, 4) is 5.75 Å². The first-order chi connectivity index (χ1) is 9.56. The number of rotatable bonds is 4. The van der Waals surface area contributed by atoms with Crippen molar-refractivity contribution in [2.75, 3.05) is 6.61 Å². The normalized spacial score (nSPS) is 11.8. The molecule has 0 fully saturated rings. The second kappa shape index (κ2) is 5.77. The number of benzene rings is 1. The molecule has 0 amide bonds. The number of hydrogen-bond acceptors (Lipinski definition) is 5. The lowest BCUT2D eigenvalue weighted by Crippen LogP contribution is -2.13. The highest BCUT2D eigenvalue weighted by Crippen LogP contribution is 2.28. The van der Waals surface area contributed by atoms with Crippen LogP contribution in [0.4, 0.5) is 0 Å². The fourth-order valence-corrected chi connectivity index (χ4v) is 1.95. The van der Waals surface area contributed by atoms with Crippen LogP contribution in [0.2, 0.25) is 0 Å². The molecular formula is C15H17NO4. The number of nitrogens with zero attached hydrogens (tertiary/aromatic N) is 1. The number of para-hydroxylation sites is 1. The Morgan fingerprint density at radius 2 is 2.20 bits per heavy atom. The minimum absolute atomic E-state index is 0.0409. The third-order valence-electron chi connectivity index (χ3n) is 2.96. The first-order valence-corrected chi connectivity index (χ1v) is 6.48. The molecule has 5 heteroatoms. The highest BCUT2D eigenvalue weighted by atomic mass is 16.6. The van der Waals surface area contributed by atoms with E-state index in [9.17, 15) is 9.90 Å². The molecule has 0 saturated carbocycles. The van der Waals surface area contributed by atoms with Crippen molar-refractivity contribution in [1.29, 1.82) is 0 Å².